The van der Waals surface area contributed by atoms with Crippen molar-refractivity contribution in [2.24, 2.45) is 0 Å². The predicted molar refractivity (Wildman–Crippen MR) is 258 cm³/mol. The van der Waals surface area contributed by atoms with Crippen LogP contribution in [0.5, 0.6) is 17.2 Å². The Morgan fingerprint density at radius 3 is 0.722 bits per heavy atom. The normalized spacial score (nSPS) is 14.1. The van der Waals surface area contributed by atoms with Gasteiger partial charge >= 0.3 is 30.7 Å². The first-order valence-electron chi connectivity index (χ1n) is 21.2. The van der Waals surface area contributed by atoms with Crippen LogP contribution in [0.4, 0.5) is 58.3 Å². The molecule has 0 amide bonds. The maximum Gasteiger partial charge on any atom is 0.310 e. The molecule has 0 spiro atoms. The van der Waals surface area contributed by atoms with Crippen LogP contribution < -0.4 is 14.2 Å². The van der Waals surface area contributed by atoms with Gasteiger partial charge in [-0.3, -0.25) is 0 Å². The van der Waals surface area contributed by atoms with Crippen molar-refractivity contribution >= 4 is 30.7 Å². The molecule has 3 nitrogen and oxygen atoms in total. The molecule has 72 heavy (non-hydrogen) atoms. The molecule has 0 aromatic heterocycles. The van der Waals surface area contributed by atoms with E-state index in [4.69, 9.17) is 14.2 Å². The maximum atomic E-state index is 12.6. The van der Waals surface area contributed by atoms with E-state index in [2.05, 4.69) is 42.4 Å². The van der Waals surface area contributed by atoms with E-state index in [1.807, 2.05) is 13.8 Å². The first-order valence-corrected chi connectivity index (χ1v) is 27.1. The van der Waals surface area contributed by atoms with E-state index in [-0.39, 0.29) is 16.7 Å². The second kappa shape index (κ2) is 20.1. The van der Waals surface area contributed by atoms with Crippen molar-refractivity contribution < 1.29 is 72.5 Å². The topological polar surface area (TPSA) is 27.7 Å². The van der Waals surface area contributed by atoms with Gasteiger partial charge in [0.15, 0.2) is 0 Å². The lowest BCUT2D eigenvalue weighted by molar-refractivity contribution is 0.309. The van der Waals surface area contributed by atoms with Crippen LogP contribution in [0.15, 0.2) is 160 Å². The van der Waals surface area contributed by atoms with Gasteiger partial charge in [0.05, 0.1) is 19.8 Å². The standard InChI is InChI=1S/C18H17F5OS.C17H15F5OS.C16H13F5OS/c1-2-3-14-24-17-10-6-15(7-11-17)4-5-16-8-12-18(13-9-16)25(19,20,21,22)23;1-2-13-23-16-9-5-14(6-10-16)3-4-15-7-11-17(12-8-15)24(18,19,20,21)22;1-2-22-15-9-5-13(6-10-15)3-4-14-7-11-16(12-8-14)23(17,18,19,20)21/h6-13H,2-3,14H2,1H3;5-12H,2,13H2,1H3;5-12H,2H2,1H3. The summed E-state index contributed by atoms with van der Waals surface area (Å²) in [5.41, 5.74) is 2.55. The molecule has 0 atom stereocenters. The minimum Gasteiger partial charge on any atom is -0.494 e. The second-order valence-electron chi connectivity index (χ2n) is 15.3. The molecule has 390 valence electrons. The van der Waals surface area contributed by atoms with E-state index in [0.29, 0.717) is 90.2 Å². The molecule has 21 heteroatoms. The van der Waals surface area contributed by atoms with Crippen LogP contribution in [0.1, 0.15) is 73.4 Å². The third kappa shape index (κ3) is 20.3. The van der Waals surface area contributed by atoms with Crippen molar-refractivity contribution in [2.75, 3.05) is 19.8 Å². The van der Waals surface area contributed by atoms with Gasteiger partial charge in [-0.2, -0.15) is 0 Å². The fourth-order valence-electron chi connectivity index (χ4n) is 5.44. The molecule has 6 aromatic carbocycles. The summed E-state index contributed by atoms with van der Waals surface area (Å²) in [6, 6.07) is 28.3. The Hall–Kier alpha value is -6.60. The molecule has 0 saturated carbocycles. The molecule has 0 N–H and O–H groups in total. The first kappa shape index (κ1) is 58.0. The minimum absolute atomic E-state index is 0.212. The highest BCUT2D eigenvalue weighted by Gasteiger charge is 2.66. The van der Waals surface area contributed by atoms with E-state index < -0.39 is 45.4 Å². The number of halogens is 15. The Kier molecular flexibility index (Phi) is 16.2. The van der Waals surface area contributed by atoms with Crippen molar-refractivity contribution in [3.8, 4) is 52.8 Å². The van der Waals surface area contributed by atoms with Gasteiger partial charge in [-0.1, -0.05) is 114 Å². The summed E-state index contributed by atoms with van der Waals surface area (Å²) >= 11 is 0. The van der Waals surface area contributed by atoms with Crippen LogP contribution in [-0.4, -0.2) is 19.8 Å². The third-order valence-corrected chi connectivity index (χ3v) is 12.6. The van der Waals surface area contributed by atoms with Crippen LogP contribution in [0.3, 0.4) is 0 Å². The van der Waals surface area contributed by atoms with E-state index in [1.54, 1.807) is 72.8 Å². The zero-order valence-electron chi connectivity index (χ0n) is 38.2. The molecule has 0 aliphatic carbocycles. The van der Waals surface area contributed by atoms with Gasteiger partial charge < -0.3 is 14.2 Å². The zero-order chi connectivity index (χ0) is 53.7. The maximum absolute atomic E-state index is 12.6. The van der Waals surface area contributed by atoms with Crippen LogP contribution in [0, 0.1) is 35.5 Å². The summed E-state index contributed by atoms with van der Waals surface area (Å²) in [7, 11) is -28.9. The molecule has 0 fully saturated rings. The Labute approximate surface area is 407 Å². The molecule has 0 aliphatic rings. The molecule has 0 unspecified atom stereocenters. The average molecular weight is 1090 g/mol. The zero-order valence-corrected chi connectivity index (χ0v) is 40.7. The van der Waals surface area contributed by atoms with E-state index in [0.717, 1.165) is 55.7 Å². The average Bonchev–Trinajstić information content (AvgIpc) is 3.29. The number of hydrogen-bond acceptors (Lipinski definition) is 3. The summed E-state index contributed by atoms with van der Waals surface area (Å²) in [5, 5.41) is 0. The van der Waals surface area contributed by atoms with E-state index in [1.165, 1.54) is 0 Å². The van der Waals surface area contributed by atoms with Gasteiger partial charge in [0, 0.05) is 33.4 Å². The van der Waals surface area contributed by atoms with Gasteiger partial charge in [-0.05, 0) is 165 Å². The molecular formula is C51H45F15O3S3. The Bertz CT molecular complexity index is 2980. The second-order valence-corrected chi connectivity index (χ2v) is 22.5. The largest absolute Gasteiger partial charge is 0.494 e. The Morgan fingerprint density at radius 1 is 0.292 bits per heavy atom. The van der Waals surface area contributed by atoms with Gasteiger partial charge in [0.1, 0.15) is 31.9 Å². The fourth-order valence-corrected chi connectivity index (χ4v) is 7.40. The van der Waals surface area contributed by atoms with Crippen molar-refractivity contribution in [3.63, 3.8) is 0 Å². The van der Waals surface area contributed by atoms with E-state index in [9.17, 15) is 58.3 Å². The van der Waals surface area contributed by atoms with Gasteiger partial charge in [-0.25, -0.2) is 0 Å². The molecule has 6 aromatic rings. The number of benzene rings is 6. The highest BCUT2D eigenvalue weighted by atomic mass is 32.5. The SMILES string of the molecule is CCCCOc1ccc(C#Cc2ccc(S(F)(F)(F)(F)F)cc2)cc1.CCCOc1ccc(C#Cc2ccc(S(F)(F)(F)(F)F)cc2)cc1.CCOc1ccc(C#Cc2ccc(S(F)(F)(F)(F)F)cc2)cc1. The van der Waals surface area contributed by atoms with E-state index >= 15 is 0 Å². The number of ether oxygens (including phenoxy) is 3. The van der Waals surface area contributed by atoms with Crippen LogP contribution >= 0.6 is 30.7 Å². The Morgan fingerprint density at radius 2 is 0.514 bits per heavy atom. The quantitative estimate of drug-likeness (QED) is 0.0694. The van der Waals surface area contributed by atoms with Crippen LogP contribution in [0.2, 0.25) is 0 Å². The predicted octanol–water partition coefficient (Wildman–Crippen LogP) is 19.6. The van der Waals surface area contributed by atoms with Crippen molar-refractivity contribution in [1.82, 2.24) is 0 Å². The molecular weight excluding hydrogens is 1040 g/mol. The Balaban J connectivity index is 0.000000235. The summed E-state index contributed by atoms with van der Waals surface area (Å²) in [4.78, 5) is -5.76. The molecule has 6 rings (SSSR count). The highest BCUT2D eigenvalue weighted by molar-refractivity contribution is 8.46. The smallest absolute Gasteiger partial charge is 0.310 e. The lowest BCUT2D eigenvalue weighted by Crippen LogP contribution is -2.05. The van der Waals surface area contributed by atoms with Crippen molar-refractivity contribution in [2.45, 2.75) is 54.7 Å². The van der Waals surface area contributed by atoms with Gasteiger partial charge in [0.25, 0.3) is 0 Å². The minimum atomic E-state index is -9.63. The monoisotopic (exact) mass is 1090 g/mol. The lowest BCUT2D eigenvalue weighted by atomic mass is 10.2. The summed E-state index contributed by atoms with van der Waals surface area (Å²) in [6.45, 7) is 7.66. The van der Waals surface area contributed by atoms with Crippen molar-refractivity contribution in [3.05, 3.63) is 179 Å². The highest BCUT2D eigenvalue weighted by Crippen LogP contribution is 3.03. The number of rotatable bonds is 12. The van der Waals surface area contributed by atoms with Crippen LogP contribution in [0.25, 0.3) is 0 Å². The van der Waals surface area contributed by atoms with Gasteiger partial charge in [-0.15, -0.1) is 0 Å². The first-order chi connectivity index (χ1) is 32.9. The third-order valence-electron chi connectivity index (χ3n) is 9.07. The van der Waals surface area contributed by atoms with Crippen molar-refractivity contribution in [1.29, 1.82) is 0 Å². The summed E-state index contributed by atoms with van der Waals surface area (Å²) < 4.78 is 205. The van der Waals surface area contributed by atoms with Gasteiger partial charge in [0.2, 0.25) is 0 Å². The number of unbranched alkanes of at least 4 members (excludes halogenated alkanes) is 1. The van der Waals surface area contributed by atoms with Crippen LogP contribution in [-0.2, 0) is 0 Å². The molecule has 0 saturated heterocycles. The summed E-state index contributed by atoms with van der Waals surface area (Å²) in [5.74, 6) is 18.3. The summed E-state index contributed by atoms with van der Waals surface area (Å²) in [6.07, 6.45) is 2.87. The number of hydrogen-bond donors (Lipinski definition) is 0. The molecule has 0 bridgehead atoms. The fraction of sp³-hybridized carbons (Fsp3) is 0.176. The molecule has 0 aliphatic heterocycles. The lowest BCUT2D eigenvalue weighted by Gasteiger charge is -2.40. The molecule has 0 heterocycles. The molecule has 0 radical (unpaired) electrons.